The Morgan fingerprint density at radius 1 is 1.56 bits per heavy atom. The van der Waals surface area contributed by atoms with Gasteiger partial charge < -0.3 is 10.4 Å². The quantitative estimate of drug-likeness (QED) is 0.436. The number of aryl methyl sites for hydroxylation is 1. The van der Waals surface area contributed by atoms with Crippen LogP contribution in [0.5, 0.6) is 0 Å². The molecule has 0 atom stereocenters. The van der Waals surface area contributed by atoms with Crippen molar-refractivity contribution in [2.24, 2.45) is 5.84 Å². The highest BCUT2D eigenvalue weighted by Gasteiger charge is 2.36. The molecule has 1 aliphatic rings. The summed E-state index contributed by atoms with van der Waals surface area (Å²) in [6, 6.07) is 0. The summed E-state index contributed by atoms with van der Waals surface area (Å²) in [5, 5.41) is 12.7. The van der Waals surface area contributed by atoms with Crippen LogP contribution in [0.25, 0.3) is 0 Å². The minimum atomic E-state index is -0.203. The van der Waals surface area contributed by atoms with Gasteiger partial charge in [-0.2, -0.15) is 4.98 Å². The van der Waals surface area contributed by atoms with E-state index >= 15 is 0 Å². The molecule has 0 spiro atoms. The van der Waals surface area contributed by atoms with E-state index in [4.69, 9.17) is 5.84 Å². The summed E-state index contributed by atoms with van der Waals surface area (Å²) < 4.78 is 0. The highest BCUT2D eigenvalue weighted by molar-refractivity contribution is 5.48. The zero-order valence-electron chi connectivity index (χ0n) is 9.32. The van der Waals surface area contributed by atoms with E-state index in [9.17, 15) is 5.11 Å². The van der Waals surface area contributed by atoms with Crippen molar-refractivity contribution in [3.8, 4) is 0 Å². The van der Waals surface area contributed by atoms with Crippen molar-refractivity contribution in [2.75, 3.05) is 17.3 Å². The zero-order chi connectivity index (χ0) is 11.6. The number of rotatable bonds is 4. The molecule has 0 amide bonds. The van der Waals surface area contributed by atoms with E-state index in [1.54, 1.807) is 6.20 Å². The number of nitrogen functional groups attached to an aromatic ring is 1. The highest BCUT2D eigenvalue weighted by atomic mass is 16.3. The molecule has 6 nitrogen and oxygen atoms in total. The largest absolute Gasteiger partial charge is 0.394 e. The van der Waals surface area contributed by atoms with Crippen molar-refractivity contribution >= 4 is 11.8 Å². The Hall–Kier alpha value is -1.40. The van der Waals surface area contributed by atoms with Gasteiger partial charge in [0.25, 0.3) is 0 Å². The standard InChI is InChI=1S/C10H17N5O/c1-7-5-12-9(15-11)13-8(7)14-10(6-16)3-2-4-10/h5,16H,2-4,6,11H2,1H3,(H2,12,13,14,15). The van der Waals surface area contributed by atoms with Gasteiger partial charge in [0.2, 0.25) is 5.95 Å². The van der Waals surface area contributed by atoms with Crippen LogP contribution in [0, 0.1) is 6.92 Å². The Morgan fingerprint density at radius 2 is 2.31 bits per heavy atom. The van der Waals surface area contributed by atoms with E-state index in [0.29, 0.717) is 5.95 Å². The van der Waals surface area contributed by atoms with Gasteiger partial charge in [0.1, 0.15) is 5.82 Å². The smallest absolute Gasteiger partial charge is 0.239 e. The SMILES string of the molecule is Cc1cnc(NN)nc1NC1(CO)CCC1. The summed E-state index contributed by atoms with van der Waals surface area (Å²) in [6.45, 7) is 2.05. The Bertz CT molecular complexity index is 372. The minimum Gasteiger partial charge on any atom is -0.394 e. The fraction of sp³-hybridized carbons (Fsp3) is 0.600. The summed E-state index contributed by atoms with van der Waals surface area (Å²) in [6.07, 6.45) is 4.78. The zero-order valence-corrected chi connectivity index (χ0v) is 9.32. The number of hydrazine groups is 1. The maximum absolute atomic E-state index is 9.37. The summed E-state index contributed by atoms with van der Waals surface area (Å²) in [7, 11) is 0. The Labute approximate surface area is 94.3 Å². The predicted molar refractivity (Wildman–Crippen MR) is 61.9 cm³/mol. The van der Waals surface area contributed by atoms with Crippen LogP contribution in [0.15, 0.2) is 6.20 Å². The number of nitrogens with two attached hydrogens (primary N) is 1. The molecule has 0 unspecified atom stereocenters. The number of hydrogen-bond donors (Lipinski definition) is 4. The van der Waals surface area contributed by atoms with Crippen LogP contribution in [0.1, 0.15) is 24.8 Å². The maximum Gasteiger partial charge on any atom is 0.239 e. The van der Waals surface area contributed by atoms with Crippen molar-refractivity contribution < 1.29 is 5.11 Å². The van der Waals surface area contributed by atoms with Crippen LogP contribution >= 0.6 is 0 Å². The van der Waals surface area contributed by atoms with Gasteiger partial charge in [-0.1, -0.05) is 0 Å². The Kier molecular flexibility index (Phi) is 2.93. The van der Waals surface area contributed by atoms with Gasteiger partial charge >= 0.3 is 0 Å². The number of aromatic nitrogens is 2. The van der Waals surface area contributed by atoms with E-state index < -0.39 is 0 Å². The lowest BCUT2D eigenvalue weighted by atomic mass is 9.77. The first-order valence-corrected chi connectivity index (χ1v) is 5.38. The molecule has 16 heavy (non-hydrogen) atoms. The number of aliphatic hydroxyl groups excluding tert-OH is 1. The molecule has 0 bridgehead atoms. The molecule has 1 saturated carbocycles. The third-order valence-electron chi connectivity index (χ3n) is 3.10. The molecular formula is C10H17N5O. The molecule has 0 aromatic carbocycles. The van der Waals surface area contributed by atoms with Crippen LogP contribution in [0.3, 0.4) is 0 Å². The number of nitrogens with one attached hydrogen (secondary N) is 2. The van der Waals surface area contributed by atoms with Crippen molar-refractivity contribution in [3.05, 3.63) is 11.8 Å². The lowest BCUT2D eigenvalue weighted by molar-refractivity contribution is 0.143. The molecule has 1 aliphatic carbocycles. The third kappa shape index (κ3) is 1.94. The molecule has 1 heterocycles. The van der Waals surface area contributed by atoms with Gasteiger partial charge in [-0.15, -0.1) is 0 Å². The monoisotopic (exact) mass is 223 g/mol. The van der Waals surface area contributed by atoms with Gasteiger partial charge in [0.15, 0.2) is 0 Å². The number of anilines is 2. The van der Waals surface area contributed by atoms with Gasteiger partial charge in [-0.05, 0) is 26.2 Å². The van der Waals surface area contributed by atoms with E-state index in [1.165, 1.54) is 0 Å². The normalized spacial score (nSPS) is 17.7. The average molecular weight is 223 g/mol. The number of hydrogen-bond acceptors (Lipinski definition) is 6. The number of nitrogens with zero attached hydrogens (tertiary/aromatic N) is 2. The third-order valence-corrected chi connectivity index (χ3v) is 3.10. The van der Waals surface area contributed by atoms with Crippen LogP contribution < -0.4 is 16.6 Å². The van der Waals surface area contributed by atoms with Crippen LogP contribution in [-0.4, -0.2) is 27.2 Å². The molecule has 1 aromatic rings. The fourth-order valence-corrected chi connectivity index (χ4v) is 1.82. The fourth-order valence-electron chi connectivity index (χ4n) is 1.82. The van der Waals surface area contributed by atoms with E-state index in [1.807, 2.05) is 6.92 Å². The van der Waals surface area contributed by atoms with Gasteiger partial charge in [-0.3, -0.25) is 5.43 Å². The van der Waals surface area contributed by atoms with E-state index in [0.717, 1.165) is 30.6 Å². The van der Waals surface area contributed by atoms with Crippen molar-refractivity contribution in [1.82, 2.24) is 9.97 Å². The lowest BCUT2D eigenvalue weighted by Crippen LogP contribution is -2.48. The molecule has 0 saturated heterocycles. The Balaban J connectivity index is 2.19. The molecule has 6 heteroatoms. The summed E-state index contributed by atoms with van der Waals surface area (Å²) in [5.74, 6) is 6.37. The Morgan fingerprint density at radius 3 is 2.81 bits per heavy atom. The molecule has 1 fully saturated rings. The first kappa shape index (κ1) is 11.1. The first-order valence-electron chi connectivity index (χ1n) is 5.38. The first-order chi connectivity index (χ1) is 7.69. The van der Waals surface area contributed by atoms with Crippen molar-refractivity contribution in [2.45, 2.75) is 31.7 Å². The summed E-state index contributed by atoms with van der Waals surface area (Å²) >= 11 is 0. The van der Waals surface area contributed by atoms with Crippen molar-refractivity contribution in [3.63, 3.8) is 0 Å². The maximum atomic E-state index is 9.37. The molecule has 0 aliphatic heterocycles. The van der Waals surface area contributed by atoms with Crippen LogP contribution in [0.2, 0.25) is 0 Å². The molecule has 5 N–H and O–H groups in total. The predicted octanol–water partition coefficient (Wildman–Crippen LogP) is 0.398. The topological polar surface area (TPSA) is 96.1 Å². The average Bonchev–Trinajstić information content (AvgIpc) is 2.26. The summed E-state index contributed by atoms with van der Waals surface area (Å²) in [4.78, 5) is 8.24. The van der Waals surface area contributed by atoms with E-state index in [2.05, 4.69) is 20.7 Å². The molecule has 1 aromatic heterocycles. The van der Waals surface area contributed by atoms with Crippen molar-refractivity contribution in [1.29, 1.82) is 0 Å². The van der Waals surface area contributed by atoms with Crippen LogP contribution in [-0.2, 0) is 0 Å². The molecule has 2 rings (SSSR count). The van der Waals surface area contributed by atoms with E-state index in [-0.39, 0.29) is 12.1 Å². The van der Waals surface area contributed by atoms with Gasteiger partial charge in [0.05, 0.1) is 12.1 Å². The van der Waals surface area contributed by atoms with Gasteiger partial charge in [-0.25, -0.2) is 10.8 Å². The summed E-state index contributed by atoms with van der Waals surface area (Å²) in [5.41, 5.74) is 3.15. The highest BCUT2D eigenvalue weighted by Crippen LogP contribution is 2.35. The van der Waals surface area contributed by atoms with Gasteiger partial charge in [0, 0.05) is 11.8 Å². The second-order valence-corrected chi connectivity index (χ2v) is 4.29. The molecule has 88 valence electrons. The molecular weight excluding hydrogens is 206 g/mol. The second kappa shape index (κ2) is 4.23. The number of aliphatic hydroxyl groups is 1. The second-order valence-electron chi connectivity index (χ2n) is 4.29. The van der Waals surface area contributed by atoms with Crippen LogP contribution in [0.4, 0.5) is 11.8 Å². The minimum absolute atomic E-state index is 0.127. The molecule has 0 radical (unpaired) electrons. The lowest BCUT2D eigenvalue weighted by Gasteiger charge is -2.41.